The lowest BCUT2D eigenvalue weighted by atomic mass is 10.1. The molecule has 0 aliphatic carbocycles. The maximum absolute atomic E-state index is 13.2. The molecule has 172 valence electrons. The molecular formula is C26H27N7O. The number of nitrogens with one attached hydrogen (secondary N) is 1. The third kappa shape index (κ3) is 4.52. The second kappa shape index (κ2) is 9.05. The summed E-state index contributed by atoms with van der Waals surface area (Å²) < 4.78 is 0. The molecule has 1 fully saturated rings. The van der Waals surface area contributed by atoms with Gasteiger partial charge in [0.1, 0.15) is 0 Å². The molecule has 3 heterocycles. The molecule has 0 radical (unpaired) electrons. The minimum atomic E-state index is 0.0194. The van der Waals surface area contributed by atoms with Crippen LogP contribution in [0.3, 0.4) is 0 Å². The number of para-hydroxylation sites is 2. The first-order valence-corrected chi connectivity index (χ1v) is 11.4. The average Bonchev–Trinajstić information content (AvgIpc) is 2.83. The summed E-state index contributed by atoms with van der Waals surface area (Å²) in [4.78, 5) is 35.7. The van der Waals surface area contributed by atoms with Gasteiger partial charge in [0, 0.05) is 48.8 Å². The van der Waals surface area contributed by atoms with E-state index in [2.05, 4.69) is 20.2 Å². The van der Waals surface area contributed by atoms with Crippen molar-refractivity contribution in [1.29, 1.82) is 0 Å². The molecule has 0 unspecified atom stereocenters. The van der Waals surface area contributed by atoms with Crippen molar-refractivity contribution in [3.8, 4) is 0 Å². The Morgan fingerprint density at radius 1 is 0.794 bits per heavy atom. The van der Waals surface area contributed by atoms with Crippen LogP contribution in [-0.4, -0.2) is 56.9 Å². The maximum atomic E-state index is 13.2. The van der Waals surface area contributed by atoms with Crippen LogP contribution in [0.5, 0.6) is 0 Å². The highest BCUT2D eigenvalue weighted by Crippen LogP contribution is 2.22. The van der Waals surface area contributed by atoms with Crippen LogP contribution in [0.15, 0.2) is 54.6 Å². The van der Waals surface area contributed by atoms with Gasteiger partial charge in [-0.1, -0.05) is 18.2 Å². The van der Waals surface area contributed by atoms with E-state index >= 15 is 0 Å². The summed E-state index contributed by atoms with van der Waals surface area (Å²) in [5.41, 5.74) is 5.92. The van der Waals surface area contributed by atoms with Crippen molar-refractivity contribution in [1.82, 2.24) is 24.8 Å². The summed E-state index contributed by atoms with van der Waals surface area (Å²) in [5.74, 6) is 1.44. The molecule has 8 heteroatoms. The smallest absolute Gasteiger partial charge is 0.254 e. The lowest BCUT2D eigenvalue weighted by Crippen LogP contribution is -2.49. The van der Waals surface area contributed by atoms with E-state index < -0.39 is 0 Å². The Bertz CT molecular complexity index is 1340. The fraction of sp³-hybridized carbons (Fsp3) is 0.269. The first-order chi connectivity index (χ1) is 16.5. The van der Waals surface area contributed by atoms with Crippen LogP contribution < -0.4 is 10.2 Å². The number of hydrogen-bond donors (Lipinski definition) is 1. The summed E-state index contributed by atoms with van der Waals surface area (Å²) in [6.07, 6.45) is 0. The predicted molar refractivity (Wildman–Crippen MR) is 134 cm³/mol. The summed E-state index contributed by atoms with van der Waals surface area (Å²) in [5, 5.41) is 3.22. The number of piperazine rings is 1. The molecule has 2 aromatic heterocycles. The van der Waals surface area contributed by atoms with Crippen molar-refractivity contribution in [3.63, 3.8) is 0 Å². The van der Waals surface area contributed by atoms with E-state index in [9.17, 15) is 4.79 Å². The van der Waals surface area contributed by atoms with Crippen LogP contribution in [0.25, 0.3) is 11.0 Å². The van der Waals surface area contributed by atoms with Gasteiger partial charge in [0.2, 0.25) is 5.95 Å². The van der Waals surface area contributed by atoms with Crippen molar-refractivity contribution < 1.29 is 4.79 Å². The van der Waals surface area contributed by atoms with Gasteiger partial charge in [0.15, 0.2) is 5.82 Å². The number of aromatic nitrogens is 4. The quantitative estimate of drug-likeness (QED) is 0.499. The van der Waals surface area contributed by atoms with Crippen LogP contribution >= 0.6 is 0 Å². The average molecular weight is 454 g/mol. The third-order valence-electron chi connectivity index (χ3n) is 5.93. The van der Waals surface area contributed by atoms with Gasteiger partial charge in [-0.15, -0.1) is 0 Å². The summed E-state index contributed by atoms with van der Waals surface area (Å²) in [6.45, 7) is 8.55. The number of anilines is 3. The Kier molecular flexibility index (Phi) is 5.79. The number of hydrogen-bond acceptors (Lipinski definition) is 7. The molecule has 4 aromatic rings. The van der Waals surface area contributed by atoms with Crippen molar-refractivity contribution in [2.75, 3.05) is 36.4 Å². The summed E-state index contributed by atoms with van der Waals surface area (Å²) in [7, 11) is 0. The summed E-state index contributed by atoms with van der Waals surface area (Å²) in [6, 6.07) is 17.3. The van der Waals surface area contributed by atoms with E-state index in [4.69, 9.17) is 9.97 Å². The molecular weight excluding hydrogens is 426 g/mol. The van der Waals surface area contributed by atoms with E-state index in [0.29, 0.717) is 37.7 Å². The largest absolute Gasteiger partial charge is 0.352 e. The molecule has 1 amide bonds. The van der Waals surface area contributed by atoms with Crippen molar-refractivity contribution in [3.05, 3.63) is 77.2 Å². The molecule has 2 aromatic carbocycles. The Morgan fingerprint density at radius 3 is 2.18 bits per heavy atom. The highest BCUT2D eigenvalue weighted by atomic mass is 16.2. The molecule has 1 saturated heterocycles. The lowest BCUT2D eigenvalue weighted by molar-refractivity contribution is 0.0746. The Morgan fingerprint density at radius 2 is 1.47 bits per heavy atom. The SMILES string of the molecule is Cc1cc(C)nc(Nc2cccc(C(=O)N3CCN(c4nc5ccccc5nc4C)CC3)c2)n1. The minimum absolute atomic E-state index is 0.0194. The molecule has 1 aliphatic rings. The van der Waals surface area contributed by atoms with E-state index in [0.717, 1.165) is 39.6 Å². The molecule has 8 nitrogen and oxygen atoms in total. The number of benzene rings is 2. The van der Waals surface area contributed by atoms with Gasteiger partial charge in [-0.2, -0.15) is 0 Å². The Balaban J connectivity index is 1.27. The maximum Gasteiger partial charge on any atom is 0.254 e. The van der Waals surface area contributed by atoms with E-state index in [-0.39, 0.29) is 5.91 Å². The number of rotatable bonds is 4. The van der Waals surface area contributed by atoms with Crippen molar-refractivity contribution >= 4 is 34.4 Å². The zero-order valence-corrected chi connectivity index (χ0v) is 19.6. The van der Waals surface area contributed by atoms with Crippen LogP contribution in [0, 0.1) is 20.8 Å². The highest BCUT2D eigenvalue weighted by Gasteiger charge is 2.24. The zero-order valence-electron chi connectivity index (χ0n) is 19.6. The number of carbonyl (C=O) groups excluding carboxylic acids is 1. The van der Waals surface area contributed by atoms with Crippen molar-refractivity contribution in [2.45, 2.75) is 20.8 Å². The van der Waals surface area contributed by atoms with Gasteiger partial charge < -0.3 is 15.1 Å². The van der Waals surface area contributed by atoms with Crippen LogP contribution in [0.4, 0.5) is 17.5 Å². The van der Waals surface area contributed by atoms with Gasteiger partial charge >= 0.3 is 0 Å². The van der Waals surface area contributed by atoms with E-state index in [1.807, 2.05) is 80.3 Å². The second-order valence-corrected chi connectivity index (χ2v) is 8.58. The van der Waals surface area contributed by atoms with Crippen LogP contribution in [-0.2, 0) is 0 Å². The van der Waals surface area contributed by atoms with Gasteiger partial charge in [-0.3, -0.25) is 4.79 Å². The second-order valence-electron chi connectivity index (χ2n) is 8.58. The Hall–Kier alpha value is -4.07. The first-order valence-electron chi connectivity index (χ1n) is 11.4. The number of aryl methyl sites for hydroxylation is 3. The number of fused-ring (bicyclic) bond motifs is 1. The molecule has 1 aliphatic heterocycles. The molecule has 5 rings (SSSR count). The Labute approximate surface area is 198 Å². The minimum Gasteiger partial charge on any atom is -0.352 e. The topological polar surface area (TPSA) is 87.1 Å². The fourth-order valence-electron chi connectivity index (χ4n) is 4.32. The van der Waals surface area contributed by atoms with Gasteiger partial charge in [-0.25, -0.2) is 19.9 Å². The normalized spacial score (nSPS) is 13.9. The number of amides is 1. The number of nitrogens with zero attached hydrogens (tertiary/aromatic N) is 6. The number of carbonyl (C=O) groups is 1. The van der Waals surface area contributed by atoms with Crippen LogP contribution in [0.1, 0.15) is 27.4 Å². The fourth-order valence-corrected chi connectivity index (χ4v) is 4.32. The van der Waals surface area contributed by atoms with E-state index in [1.165, 1.54) is 0 Å². The molecule has 0 atom stereocenters. The molecule has 0 saturated carbocycles. The third-order valence-corrected chi connectivity index (χ3v) is 5.93. The van der Waals surface area contributed by atoms with Gasteiger partial charge in [0.05, 0.1) is 16.7 Å². The standard InChI is InChI=1S/C26H27N7O/c1-17-15-18(2)28-26(27-17)30-21-8-6-7-20(16-21)25(34)33-13-11-32(12-14-33)24-19(3)29-22-9-4-5-10-23(22)31-24/h4-10,15-16H,11-14H2,1-3H3,(H,27,28,30). The van der Waals surface area contributed by atoms with E-state index in [1.54, 1.807) is 0 Å². The first kappa shape index (κ1) is 21.8. The monoisotopic (exact) mass is 453 g/mol. The zero-order chi connectivity index (χ0) is 23.7. The summed E-state index contributed by atoms with van der Waals surface area (Å²) >= 11 is 0. The lowest BCUT2D eigenvalue weighted by Gasteiger charge is -2.36. The predicted octanol–water partition coefficient (Wildman–Crippen LogP) is 4.05. The highest BCUT2D eigenvalue weighted by molar-refractivity contribution is 5.95. The molecule has 0 spiro atoms. The van der Waals surface area contributed by atoms with Crippen LogP contribution in [0.2, 0.25) is 0 Å². The van der Waals surface area contributed by atoms with Crippen molar-refractivity contribution in [2.24, 2.45) is 0 Å². The molecule has 1 N–H and O–H groups in total. The molecule has 34 heavy (non-hydrogen) atoms. The molecule has 0 bridgehead atoms. The van der Waals surface area contributed by atoms with Gasteiger partial charge in [-0.05, 0) is 57.2 Å². The van der Waals surface area contributed by atoms with Gasteiger partial charge in [0.25, 0.3) is 5.91 Å².